The van der Waals surface area contributed by atoms with Crippen LogP contribution in [0.15, 0.2) is 39.2 Å². The second-order valence-electron chi connectivity index (χ2n) is 4.14. The molecule has 0 bridgehead atoms. The Hall–Kier alpha value is -1.80. The van der Waals surface area contributed by atoms with Crippen molar-refractivity contribution in [2.45, 2.75) is 12.3 Å². The number of carboxylic acid groups (broad SMARTS) is 1. The molecule has 4 nitrogen and oxygen atoms in total. The van der Waals surface area contributed by atoms with Gasteiger partial charge in [0.2, 0.25) is 5.76 Å². The molecule has 1 atom stereocenters. The standard InChI is InChI=1S/C13H8BrF3O4/c14-6-1-2-7(8(5-6)13(15,16)17)11(18)9-3-4-10(21-9)12(19)20/h1-5,11,18H,(H,19,20). The number of aliphatic hydroxyl groups is 1. The zero-order valence-corrected chi connectivity index (χ0v) is 11.8. The summed E-state index contributed by atoms with van der Waals surface area (Å²) in [7, 11) is 0. The molecule has 8 heteroatoms. The normalized spacial score (nSPS) is 13.2. The van der Waals surface area contributed by atoms with Crippen molar-refractivity contribution in [3.63, 3.8) is 0 Å². The van der Waals surface area contributed by atoms with E-state index in [1.807, 2.05) is 0 Å². The number of alkyl halides is 3. The molecule has 1 aromatic carbocycles. The molecule has 0 spiro atoms. The summed E-state index contributed by atoms with van der Waals surface area (Å²) in [5, 5.41) is 18.7. The van der Waals surface area contributed by atoms with E-state index in [1.165, 1.54) is 6.07 Å². The lowest BCUT2D eigenvalue weighted by Gasteiger charge is -2.16. The van der Waals surface area contributed by atoms with Crippen LogP contribution in [0.3, 0.4) is 0 Å². The summed E-state index contributed by atoms with van der Waals surface area (Å²) < 4.78 is 44.0. The van der Waals surface area contributed by atoms with E-state index in [-0.39, 0.29) is 10.2 Å². The molecule has 0 saturated heterocycles. The van der Waals surface area contributed by atoms with Crippen LogP contribution in [0.1, 0.15) is 33.5 Å². The highest BCUT2D eigenvalue weighted by atomic mass is 79.9. The number of carboxylic acids is 1. The molecular weight excluding hydrogens is 357 g/mol. The van der Waals surface area contributed by atoms with E-state index in [0.717, 1.165) is 24.3 Å². The SMILES string of the molecule is O=C(O)c1ccc(C(O)c2ccc(Br)cc2C(F)(F)F)o1. The van der Waals surface area contributed by atoms with Gasteiger partial charge in [0.25, 0.3) is 0 Å². The fourth-order valence-corrected chi connectivity index (χ4v) is 2.14. The molecular formula is C13H8BrF3O4. The third-order valence-corrected chi connectivity index (χ3v) is 3.22. The summed E-state index contributed by atoms with van der Waals surface area (Å²) in [6, 6.07) is 5.46. The minimum absolute atomic E-state index is 0.205. The molecule has 0 radical (unpaired) electrons. The maximum absolute atomic E-state index is 13.0. The van der Waals surface area contributed by atoms with Crippen LogP contribution < -0.4 is 0 Å². The summed E-state index contributed by atoms with van der Waals surface area (Å²) in [4.78, 5) is 10.7. The van der Waals surface area contributed by atoms with E-state index in [4.69, 9.17) is 9.52 Å². The van der Waals surface area contributed by atoms with E-state index in [0.29, 0.717) is 0 Å². The smallest absolute Gasteiger partial charge is 0.416 e. The van der Waals surface area contributed by atoms with Crippen LogP contribution in [0.25, 0.3) is 0 Å². The predicted octanol–water partition coefficient (Wildman–Crippen LogP) is 3.84. The van der Waals surface area contributed by atoms with Crippen molar-refractivity contribution in [3.8, 4) is 0 Å². The van der Waals surface area contributed by atoms with Gasteiger partial charge in [-0.25, -0.2) is 4.79 Å². The zero-order valence-electron chi connectivity index (χ0n) is 10.2. The summed E-state index contributed by atoms with van der Waals surface area (Å²) >= 11 is 2.93. The van der Waals surface area contributed by atoms with Gasteiger partial charge in [0, 0.05) is 10.0 Å². The molecule has 112 valence electrons. The number of halogens is 4. The van der Waals surface area contributed by atoms with Crippen LogP contribution in [0.5, 0.6) is 0 Å². The van der Waals surface area contributed by atoms with Crippen molar-refractivity contribution in [2.24, 2.45) is 0 Å². The maximum atomic E-state index is 13.0. The van der Waals surface area contributed by atoms with Gasteiger partial charge in [-0.1, -0.05) is 22.0 Å². The first-order chi connectivity index (χ1) is 9.70. The van der Waals surface area contributed by atoms with E-state index in [9.17, 15) is 23.1 Å². The van der Waals surface area contributed by atoms with Gasteiger partial charge in [-0.2, -0.15) is 13.2 Å². The van der Waals surface area contributed by atoms with E-state index in [1.54, 1.807) is 0 Å². The molecule has 21 heavy (non-hydrogen) atoms. The first-order valence-electron chi connectivity index (χ1n) is 5.58. The number of aromatic carboxylic acids is 1. The number of aliphatic hydroxyl groups excluding tert-OH is 1. The van der Waals surface area contributed by atoms with Gasteiger partial charge in [-0.15, -0.1) is 0 Å². The van der Waals surface area contributed by atoms with Crippen LogP contribution >= 0.6 is 15.9 Å². The van der Waals surface area contributed by atoms with Gasteiger partial charge < -0.3 is 14.6 Å². The average Bonchev–Trinajstić information content (AvgIpc) is 2.86. The predicted molar refractivity (Wildman–Crippen MR) is 68.9 cm³/mol. The van der Waals surface area contributed by atoms with Gasteiger partial charge in [0.1, 0.15) is 11.9 Å². The van der Waals surface area contributed by atoms with Crippen LogP contribution in [-0.2, 0) is 6.18 Å². The number of hydrogen-bond donors (Lipinski definition) is 2. The molecule has 0 amide bonds. The minimum atomic E-state index is -4.66. The van der Waals surface area contributed by atoms with E-state index in [2.05, 4.69) is 15.9 Å². The van der Waals surface area contributed by atoms with Crippen molar-refractivity contribution in [2.75, 3.05) is 0 Å². The Morgan fingerprint density at radius 1 is 1.24 bits per heavy atom. The van der Waals surface area contributed by atoms with Gasteiger partial charge in [-0.05, 0) is 24.3 Å². The number of hydrogen-bond acceptors (Lipinski definition) is 3. The van der Waals surface area contributed by atoms with Gasteiger partial charge >= 0.3 is 12.1 Å². The lowest BCUT2D eigenvalue weighted by Crippen LogP contribution is -2.12. The molecule has 0 fully saturated rings. The zero-order chi connectivity index (χ0) is 15.8. The van der Waals surface area contributed by atoms with E-state index >= 15 is 0 Å². The number of carbonyl (C=O) groups is 1. The first kappa shape index (κ1) is 15.6. The second kappa shape index (κ2) is 5.53. The van der Waals surface area contributed by atoms with E-state index < -0.39 is 35.1 Å². The highest BCUT2D eigenvalue weighted by Crippen LogP contribution is 2.38. The molecule has 1 aromatic heterocycles. The molecule has 0 saturated carbocycles. The van der Waals surface area contributed by atoms with Crippen LogP contribution in [0.2, 0.25) is 0 Å². The first-order valence-corrected chi connectivity index (χ1v) is 6.37. The Balaban J connectivity index is 2.47. The summed E-state index contributed by atoms with van der Waals surface area (Å²) in [6.07, 6.45) is -6.38. The summed E-state index contributed by atoms with van der Waals surface area (Å²) in [5.74, 6) is -2.12. The lowest BCUT2D eigenvalue weighted by molar-refractivity contribution is -0.139. The Morgan fingerprint density at radius 2 is 1.90 bits per heavy atom. The van der Waals surface area contributed by atoms with Crippen molar-refractivity contribution in [1.29, 1.82) is 0 Å². The third-order valence-electron chi connectivity index (χ3n) is 2.72. The highest BCUT2D eigenvalue weighted by Gasteiger charge is 2.36. The maximum Gasteiger partial charge on any atom is 0.416 e. The second-order valence-corrected chi connectivity index (χ2v) is 5.05. The molecule has 1 unspecified atom stereocenters. The Kier molecular flexibility index (Phi) is 4.11. The lowest BCUT2D eigenvalue weighted by atomic mass is 10.0. The van der Waals surface area contributed by atoms with Crippen molar-refractivity contribution < 1.29 is 32.6 Å². The van der Waals surface area contributed by atoms with Crippen molar-refractivity contribution in [1.82, 2.24) is 0 Å². The topological polar surface area (TPSA) is 70.7 Å². The van der Waals surface area contributed by atoms with Crippen molar-refractivity contribution >= 4 is 21.9 Å². The van der Waals surface area contributed by atoms with Crippen molar-refractivity contribution in [3.05, 3.63) is 57.5 Å². The molecule has 2 aromatic rings. The average molecular weight is 365 g/mol. The molecule has 0 aliphatic heterocycles. The Morgan fingerprint density at radius 3 is 2.43 bits per heavy atom. The Bertz CT molecular complexity index is 678. The summed E-state index contributed by atoms with van der Waals surface area (Å²) in [6.45, 7) is 0. The quantitative estimate of drug-likeness (QED) is 0.867. The van der Waals surface area contributed by atoms with Gasteiger partial charge in [0.15, 0.2) is 0 Å². The summed E-state index contributed by atoms with van der Waals surface area (Å²) in [5.41, 5.74) is -1.45. The molecule has 1 heterocycles. The molecule has 2 rings (SSSR count). The molecule has 0 aliphatic rings. The number of furan rings is 1. The molecule has 2 N–H and O–H groups in total. The largest absolute Gasteiger partial charge is 0.475 e. The monoisotopic (exact) mass is 364 g/mol. The fourth-order valence-electron chi connectivity index (χ4n) is 1.78. The van der Waals surface area contributed by atoms with Crippen LogP contribution in [0, 0.1) is 0 Å². The van der Waals surface area contributed by atoms with Gasteiger partial charge in [0.05, 0.1) is 5.56 Å². The van der Waals surface area contributed by atoms with Gasteiger partial charge in [-0.3, -0.25) is 0 Å². The third kappa shape index (κ3) is 3.27. The fraction of sp³-hybridized carbons (Fsp3) is 0.154. The number of benzene rings is 1. The Labute approximate surface area is 124 Å². The number of rotatable bonds is 3. The highest BCUT2D eigenvalue weighted by molar-refractivity contribution is 9.10. The minimum Gasteiger partial charge on any atom is -0.475 e. The van der Waals surface area contributed by atoms with Crippen LogP contribution in [-0.4, -0.2) is 16.2 Å². The molecule has 0 aliphatic carbocycles. The van der Waals surface area contributed by atoms with Crippen LogP contribution in [0.4, 0.5) is 13.2 Å².